The monoisotopic (exact) mass is 417 g/mol. The van der Waals surface area contributed by atoms with Crippen molar-refractivity contribution >= 4 is 5.69 Å². The standard InChI is InChI=1S/C26H35N5/c1-5-7-8-24-20(3)9-11-23(26(24)27)13-15-30(14-6-2)18-22-10-12-25(28-16-22)31-17-21(4)29-19-31/h5,9-12,16-17,19H,1,6-8,13-15,18,27H2,2-4H3. The van der Waals surface area contributed by atoms with Crippen LogP contribution >= 0.6 is 0 Å². The van der Waals surface area contributed by atoms with E-state index >= 15 is 0 Å². The number of nitrogen functional groups attached to an aromatic ring is 1. The lowest BCUT2D eigenvalue weighted by atomic mass is 9.96. The topological polar surface area (TPSA) is 60.0 Å². The molecule has 2 N–H and O–H groups in total. The molecular formula is C26H35N5. The fourth-order valence-electron chi connectivity index (χ4n) is 3.95. The second-order valence-electron chi connectivity index (χ2n) is 8.23. The molecule has 0 aliphatic heterocycles. The molecule has 0 radical (unpaired) electrons. The molecule has 5 heteroatoms. The van der Waals surface area contributed by atoms with Gasteiger partial charge in [-0.1, -0.05) is 31.2 Å². The Hall–Kier alpha value is -2.92. The first-order valence-electron chi connectivity index (χ1n) is 11.2. The number of allylic oxidation sites excluding steroid dienone is 1. The van der Waals surface area contributed by atoms with Gasteiger partial charge >= 0.3 is 0 Å². The van der Waals surface area contributed by atoms with E-state index in [2.05, 4.69) is 59.6 Å². The maximum atomic E-state index is 6.54. The lowest BCUT2D eigenvalue weighted by Crippen LogP contribution is -2.27. The molecule has 2 aromatic heterocycles. The zero-order valence-corrected chi connectivity index (χ0v) is 19.1. The average molecular weight is 418 g/mol. The summed E-state index contributed by atoms with van der Waals surface area (Å²) in [6, 6.07) is 8.61. The Balaban J connectivity index is 1.66. The van der Waals surface area contributed by atoms with E-state index in [1.165, 1.54) is 22.3 Å². The molecule has 0 fully saturated rings. The second-order valence-corrected chi connectivity index (χ2v) is 8.23. The van der Waals surface area contributed by atoms with Crippen molar-refractivity contribution in [2.24, 2.45) is 0 Å². The van der Waals surface area contributed by atoms with E-state index in [-0.39, 0.29) is 0 Å². The highest BCUT2D eigenvalue weighted by atomic mass is 15.1. The Bertz CT molecular complexity index is 988. The Kier molecular flexibility index (Phi) is 8.01. The molecule has 0 bridgehead atoms. The number of pyridine rings is 1. The first-order chi connectivity index (χ1) is 15.0. The number of aromatic nitrogens is 3. The number of hydrogen-bond donors (Lipinski definition) is 1. The van der Waals surface area contributed by atoms with Crippen LogP contribution < -0.4 is 5.73 Å². The average Bonchev–Trinajstić information content (AvgIpc) is 3.20. The molecule has 0 amide bonds. The van der Waals surface area contributed by atoms with Gasteiger partial charge in [-0.2, -0.15) is 0 Å². The summed E-state index contributed by atoms with van der Waals surface area (Å²) >= 11 is 0. The maximum absolute atomic E-state index is 6.54. The van der Waals surface area contributed by atoms with E-state index < -0.39 is 0 Å². The molecule has 0 saturated heterocycles. The van der Waals surface area contributed by atoms with Gasteiger partial charge in [-0.15, -0.1) is 6.58 Å². The Morgan fingerprint density at radius 3 is 2.58 bits per heavy atom. The first-order valence-corrected chi connectivity index (χ1v) is 11.2. The van der Waals surface area contributed by atoms with Crippen LogP contribution in [0.4, 0.5) is 5.69 Å². The Labute approximate surface area is 186 Å². The zero-order chi connectivity index (χ0) is 22.2. The summed E-state index contributed by atoms with van der Waals surface area (Å²) in [6.45, 7) is 13.1. The van der Waals surface area contributed by atoms with Crippen LogP contribution in [-0.4, -0.2) is 32.5 Å². The largest absolute Gasteiger partial charge is 0.398 e. The second kappa shape index (κ2) is 10.9. The van der Waals surface area contributed by atoms with Crippen molar-refractivity contribution in [1.82, 2.24) is 19.4 Å². The highest BCUT2D eigenvalue weighted by Crippen LogP contribution is 2.24. The quantitative estimate of drug-likeness (QED) is 0.351. The van der Waals surface area contributed by atoms with Gasteiger partial charge in [-0.05, 0) is 74.4 Å². The van der Waals surface area contributed by atoms with Gasteiger partial charge in [0.15, 0.2) is 0 Å². The summed E-state index contributed by atoms with van der Waals surface area (Å²) < 4.78 is 1.95. The molecule has 0 saturated carbocycles. The minimum Gasteiger partial charge on any atom is -0.398 e. The van der Waals surface area contributed by atoms with Gasteiger partial charge in [0.2, 0.25) is 0 Å². The molecular weight excluding hydrogens is 382 g/mol. The SMILES string of the molecule is C=CCCc1c(C)ccc(CCN(CCC)Cc2ccc(-n3cnc(C)c3)nc2)c1N. The fraction of sp³-hybridized carbons (Fsp3) is 0.385. The van der Waals surface area contributed by atoms with Crippen molar-refractivity contribution in [3.05, 3.63) is 83.6 Å². The summed E-state index contributed by atoms with van der Waals surface area (Å²) in [5.41, 5.74) is 13.5. The van der Waals surface area contributed by atoms with Gasteiger partial charge < -0.3 is 5.73 Å². The molecule has 0 atom stereocenters. The van der Waals surface area contributed by atoms with E-state index in [4.69, 9.17) is 5.73 Å². The van der Waals surface area contributed by atoms with Crippen molar-refractivity contribution in [3.8, 4) is 5.82 Å². The first kappa shape index (κ1) is 22.8. The van der Waals surface area contributed by atoms with E-state index in [1.807, 2.05) is 30.0 Å². The molecule has 1 aromatic carbocycles. The lowest BCUT2D eigenvalue weighted by molar-refractivity contribution is 0.269. The van der Waals surface area contributed by atoms with Crippen LogP contribution in [0, 0.1) is 13.8 Å². The predicted octanol–water partition coefficient (Wildman–Crippen LogP) is 5.04. The van der Waals surface area contributed by atoms with Crippen molar-refractivity contribution in [2.75, 3.05) is 18.8 Å². The molecule has 0 unspecified atom stereocenters. The molecule has 0 spiro atoms. The van der Waals surface area contributed by atoms with Crippen LogP contribution in [0.1, 0.15) is 47.7 Å². The summed E-state index contributed by atoms with van der Waals surface area (Å²) in [5.74, 6) is 0.894. The van der Waals surface area contributed by atoms with E-state index in [0.717, 1.165) is 62.5 Å². The van der Waals surface area contributed by atoms with Crippen LogP contribution in [0.3, 0.4) is 0 Å². The van der Waals surface area contributed by atoms with E-state index in [9.17, 15) is 0 Å². The summed E-state index contributed by atoms with van der Waals surface area (Å²) in [6.07, 6.45) is 11.7. The molecule has 3 rings (SSSR count). The molecule has 2 heterocycles. The third kappa shape index (κ3) is 6.05. The maximum Gasteiger partial charge on any atom is 0.137 e. The number of aryl methyl sites for hydroxylation is 2. The number of rotatable bonds is 11. The Morgan fingerprint density at radius 1 is 1.10 bits per heavy atom. The Morgan fingerprint density at radius 2 is 1.94 bits per heavy atom. The summed E-state index contributed by atoms with van der Waals surface area (Å²) in [7, 11) is 0. The minimum absolute atomic E-state index is 0.888. The summed E-state index contributed by atoms with van der Waals surface area (Å²) in [4.78, 5) is 11.4. The highest BCUT2D eigenvalue weighted by molar-refractivity contribution is 5.57. The van der Waals surface area contributed by atoms with Crippen LogP contribution in [0.15, 0.2) is 55.6 Å². The minimum atomic E-state index is 0.888. The smallest absolute Gasteiger partial charge is 0.137 e. The van der Waals surface area contributed by atoms with E-state index in [0.29, 0.717) is 0 Å². The van der Waals surface area contributed by atoms with Gasteiger partial charge in [-0.25, -0.2) is 9.97 Å². The van der Waals surface area contributed by atoms with Gasteiger partial charge in [0.05, 0.1) is 5.69 Å². The third-order valence-corrected chi connectivity index (χ3v) is 5.71. The fourth-order valence-corrected chi connectivity index (χ4v) is 3.95. The number of hydrogen-bond acceptors (Lipinski definition) is 4. The van der Waals surface area contributed by atoms with Crippen molar-refractivity contribution in [1.29, 1.82) is 0 Å². The number of imidazole rings is 1. The van der Waals surface area contributed by atoms with Crippen LogP contribution in [0.2, 0.25) is 0 Å². The van der Waals surface area contributed by atoms with Gasteiger partial charge in [0.25, 0.3) is 0 Å². The van der Waals surface area contributed by atoms with Crippen LogP contribution in [-0.2, 0) is 19.4 Å². The number of nitrogens with zero attached hydrogens (tertiary/aromatic N) is 4. The number of nitrogens with two attached hydrogens (primary N) is 1. The summed E-state index contributed by atoms with van der Waals surface area (Å²) in [5, 5.41) is 0. The molecule has 3 aromatic rings. The highest BCUT2D eigenvalue weighted by Gasteiger charge is 2.11. The molecule has 5 nitrogen and oxygen atoms in total. The van der Waals surface area contributed by atoms with Gasteiger partial charge in [-0.3, -0.25) is 9.47 Å². The molecule has 0 aliphatic rings. The lowest BCUT2D eigenvalue weighted by Gasteiger charge is -2.23. The molecule has 31 heavy (non-hydrogen) atoms. The van der Waals surface area contributed by atoms with E-state index in [1.54, 1.807) is 6.33 Å². The van der Waals surface area contributed by atoms with Crippen LogP contribution in [0.25, 0.3) is 5.82 Å². The van der Waals surface area contributed by atoms with Gasteiger partial charge in [0, 0.05) is 31.2 Å². The number of benzene rings is 1. The number of anilines is 1. The van der Waals surface area contributed by atoms with Crippen molar-refractivity contribution in [2.45, 2.75) is 53.0 Å². The predicted molar refractivity (Wildman–Crippen MR) is 129 cm³/mol. The van der Waals surface area contributed by atoms with Crippen molar-refractivity contribution in [3.63, 3.8) is 0 Å². The van der Waals surface area contributed by atoms with Crippen molar-refractivity contribution < 1.29 is 0 Å². The van der Waals surface area contributed by atoms with Gasteiger partial charge in [0.1, 0.15) is 12.1 Å². The van der Waals surface area contributed by atoms with Crippen LogP contribution in [0.5, 0.6) is 0 Å². The third-order valence-electron chi connectivity index (χ3n) is 5.71. The molecule has 164 valence electrons. The molecule has 0 aliphatic carbocycles. The zero-order valence-electron chi connectivity index (χ0n) is 19.1. The normalized spacial score (nSPS) is 11.2.